The number of allylic oxidation sites excluding steroid dienone is 1. The molecular weight excluding hydrogens is 292 g/mol. The third-order valence-electron chi connectivity index (χ3n) is 4.18. The van der Waals surface area contributed by atoms with Gasteiger partial charge < -0.3 is 13.9 Å². The summed E-state index contributed by atoms with van der Waals surface area (Å²) in [5.41, 5.74) is -0.321. The Kier molecular flexibility index (Phi) is 3.27. The van der Waals surface area contributed by atoms with E-state index in [0.717, 1.165) is 10.8 Å². The van der Waals surface area contributed by atoms with Crippen LogP contribution < -0.4 is 5.63 Å². The maximum atomic E-state index is 12.3. The second-order valence-electron chi connectivity index (χ2n) is 6.97. The van der Waals surface area contributed by atoms with E-state index in [2.05, 4.69) is 6.58 Å². The van der Waals surface area contributed by atoms with Crippen LogP contribution in [-0.4, -0.2) is 5.11 Å². The highest BCUT2D eigenvalue weighted by Gasteiger charge is 2.24. The van der Waals surface area contributed by atoms with Gasteiger partial charge in [-0.15, -0.1) is 6.58 Å². The Morgan fingerprint density at radius 3 is 2.22 bits per heavy atom. The highest BCUT2D eigenvalue weighted by atomic mass is 16.4. The smallest absolute Gasteiger partial charge is 0.340 e. The highest BCUT2D eigenvalue weighted by molar-refractivity contribution is 5.93. The third-order valence-corrected chi connectivity index (χ3v) is 4.18. The van der Waals surface area contributed by atoms with Gasteiger partial charge in [0, 0.05) is 27.8 Å². The molecule has 0 bridgehead atoms. The lowest BCUT2D eigenvalue weighted by Crippen LogP contribution is -2.22. The van der Waals surface area contributed by atoms with Gasteiger partial charge in [0.1, 0.15) is 22.5 Å². The van der Waals surface area contributed by atoms with Gasteiger partial charge in [0.2, 0.25) is 0 Å². The van der Waals surface area contributed by atoms with Gasteiger partial charge in [-0.2, -0.15) is 0 Å². The minimum Gasteiger partial charge on any atom is -0.458 e. The van der Waals surface area contributed by atoms with Crippen molar-refractivity contribution in [3.63, 3.8) is 0 Å². The molecule has 0 amide bonds. The first-order chi connectivity index (χ1) is 10.6. The molecule has 1 N–H and O–H groups in total. The Morgan fingerprint density at radius 2 is 1.61 bits per heavy atom. The van der Waals surface area contributed by atoms with Crippen LogP contribution in [0.15, 0.2) is 50.5 Å². The summed E-state index contributed by atoms with van der Waals surface area (Å²) in [5.74, 6) is 0.469. The molecule has 4 heteroatoms. The van der Waals surface area contributed by atoms with Crippen LogP contribution >= 0.6 is 0 Å². The summed E-state index contributed by atoms with van der Waals surface area (Å²) in [6.07, 6.45) is 1.73. The van der Waals surface area contributed by atoms with Crippen LogP contribution in [0.3, 0.4) is 0 Å². The maximum Gasteiger partial charge on any atom is 0.340 e. The topological polar surface area (TPSA) is 63.6 Å². The number of hydrogen-bond donors (Lipinski definition) is 1. The van der Waals surface area contributed by atoms with Crippen LogP contribution in [0.25, 0.3) is 21.9 Å². The van der Waals surface area contributed by atoms with Crippen molar-refractivity contribution >= 4 is 21.9 Å². The largest absolute Gasteiger partial charge is 0.458 e. The fourth-order valence-corrected chi connectivity index (χ4v) is 2.52. The van der Waals surface area contributed by atoms with Gasteiger partial charge in [-0.3, -0.25) is 0 Å². The van der Waals surface area contributed by atoms with Crippen LogP contribution in [0.5, 0.6) is 0 Å². The average molecular weight is 312 g/mol. The summed E-state index contributed by atoms with van der Waals surface area (Å²) in [4.78, 5) is 12.3. The molecule has 0 spiro atoms. The van der Waals surface area contributed by atoms with Crippen molar-refractivity contribution in [2.24, 2.45) is 0 Å². The van der Waals surface area contributed by atoms with Crippen molar-refractivity contribution in [1.29, 1.82) is 0 Å². The van der Waals surface area contributed by atoms with Gasteiger partial charge in [0.05, 0.1) is 0 Å². The molecule has 0 radical (unpaired) electrons. The molecule has 0 aliphatic rings. The zero-order valence-corrected chi connectivity index (χ0v) is 13.8. The van der Waals surface area contributed by atoms with E-state index in [-0.39, 0.29) is 5.63 Å². The summed E-state index contributed by atoms with van der Waals surface area (Å²) in [6.45, 7) is 10.9. The molecule has 3 aromatic rings. The number of fused-ring (bicyclic) bond motifs is 2. The van der Waals surface area contributed by atoms with Crippen molar-refractivity contribution in [3.05, 3.63) is 58.7 Å². The number of furan rings is 1. The van der Waals surface area contributed by atoms with Gasteiger partial charge in [-0.25, -0.2) is 4.79 Å². The fourth-order valence-electron chi connectivity index (χ4n) is 2.52. The van der Waals surface area contributed by atoms with Crippen molar-refractivity contribution in [3.8, 4) is 0 Å². The third kappa shape index (κ3) is 2.59. The van der Waals surface area contributed by atoms with Crippen LogP contribution in [0.4, 0.5) is 0 Å². The highest BCUT2D eigenvalue weighted by Crippen LogP contribution is 2.31. The van der Waals surface area contributed by atoms with E-state index in [0.29, 0.717) is 22.5 Å². The first kappa shape index (κ1) is 15.6. The molecule has 0 fully saturated rings. The van der Waals surface area contributed by atoms with E-state index in [1.54, 1.807) is 32.1 Å². The van der Waals surface area contributed by atoms with Crippen LogP contribution in [0.1, 0.15) is 39.0 Å². The molecule has 2 heterocycles. The van der Waals surface area contributed by atoms with Crippen molar-refractivity contribution in [2.45, 2.75) is 38.7 Å². The number of benzene rings is 1. The molecular formula is C19H20O4. The van der Waals surface area contributed by atoms with E-state index in [4.69, 9.17) is 8.83 Å². The van der Waals surface area contributed by atoms with Gasteiger partial charge in [0.15, 0.2) is 0 Å². The number of aliphatic hydroxyl groups is 1. The lowest BCUT2D eigenvalue weighted by molar-refractivity contribution is 0.0559. The first-order valence-corrected chi connectivity index (χ1v) is 7.50. The second kappa shape index (κ2) is 4.83. The van der Waals surface area contributed by atoms with Crippen molar-refractivity contribution in [2.75, 3.05) is 0 Å². The molecule has 0 unspecified atom stereocenters. The lowest BCUT2D eigenvalue weighted by atomic mass is 9.85. The van der Waals surface area contributed by atoms with E-state index >= 15 is 0 Å². The van der Waals surface area contributed by atoms with Gasteiger partial charge in [-0.1, -0.05) is 19.9 Å². The zero-order chi connectivity index (χ0) is 17.0. The van der Waals surface area contributed by atoms with Crippen molar-refractivity contribution < 1.29 is 13.9 Å². The molecule has 3 rings (SSSR count). The molecule has 1 aromatic carbocycles. The summed E-state index contributed by atoms with van der Waals surface area (Å²) < 4.78 is 11.1. The van der Waals surface area contributed by atoms with Crippen LogP contribution in [0, 0.1) is 0 Å². The van der Waals surface area contributed by atoms with Crippen molar-refractivity contribution in [1.82, 2.24) is 0 Å². The van der Waals surface area contributed by atoms with Crippen LogP contribution in [-0.2, 0) is 11.0 Å². The molecule has 2 aromatic heterocycles. The van der Waals surface area contributed by atoms with Gasteiger partial charge >= 0.3 is 5.63 Å². The predicted molar refractivity (Wildman–Crippen MR) is 90.7 cm³/mol. The molecule has 23 heavy (non-hydrogen) atoms. The maximum absolute atomic E-state index is 12.3. The Labute approximate surface area is 134 Å². The number of hydrogen-bond acceptors (Lipinski definition) is 4. The minimum absolute atomic E-state index is 0.379. The van der Waals surface area contributed by atoms with Crippen LogP contribution in [0.2, 0.25) is 0 Å². The van der Waals surface area contributed by atoms with Gasteiger partial charge in [-0.05, 0) is 32.0 Å². The van der Waals surface area contributed by atoms with E-state index in [1.165, 1.54) is 0 Å². The molecule has 120 valence electrons. The zero-order valence-electron chi connectivity index (χ0n) is 13.8. The SMILES string of the molecule is C=CC(C)(C)c1cc2cc3cc(C(C)(C)O)oc3cc2oc1=O. The van der Waals surface area contributed by atoms with Gasteiger partial charge in [0.25, 0.3) is 0 Å². The lowest BCUT2D eigenvalue weighted by Gasteiger charge is -2.18. The first-order valence-electron chi connectivity index (χ1n) is 7.50. The summed E-state index contributed by atoms with van der Waals surface area (Å²) in [6, 6.07) is 7.22. The molecule has 0 atom stereocenters. The summed E-state index contributed by atoms with van der Waals surface area (Å²) >= 11 is 0. The second-order valence-corrected chi connectivity index (χ2v) is 6.97. The predicted octanol–water partition coefficient (Wildman–Crippen LogP) is 4.23. The van der Waals surface area contributed by atoms with E-state index in [9.17, 15) is 9.90 Å². The minimum atomic E-state index is -1.07. The molecule has 0 aliphatic carbocycles. The Bertz CT molecular complexity index is 965. The summed E-state index contributed by atoms with van der Waals surface area (Å²) in [7, 11) is 0. The Morgan fingerprint density at radius 1 is 1.00 bits per heavy atom. The monoisotopic (exact) mass is 312 g/mol. The van der Waals surface area contributed by atoms with E-state index in [1.807, 2.05) is 26.0 Å². The summed E-state index contributed by atoms with van der Waals surface area (Å²) in [5, 5.41) is 11.7. The molecule has 4 nitrogen and oxygen atoms in total. The molecule has 0 saturated heterocycles. The molecule has 0 saturated carbocycles. The normalized spacial score (nSPS) is 12.9. The Balaban J connectivity index is 2.29. The Hall–Kier alpha value is -2.33. The molecule has 0 aliphatic heterocycles. The van der Waals surface area contributed by atoms with E-state index < -0.39 is 11.0 Å². The standard InChI is InChI=1S/C19H20O4/c1-6-18(2,3)13-8-11-7-12-9-16(19(4,5)21)22-14(12)10-15(11)23-17(13)20/h6-10,21H,1H2,2-5H3. The average Bonchev–Trinajstić information content (AvgIpc) is 2.87. The fraction of sp³-hybridized carbons (Fsp3) is 0.316. The quantitative estimate of drug-likeness (QED) is 0.580. The number of rotatable bonds is 3.